The third-order valence-electron chi connectivity index (χ3n) is 6.14. The van der Waals surface area contributed by atoms with E-state index in [2.05, 4.69) is 9.73 Å². The summed E-state index contributed by atoms with van der Waals surface area (Å²) in [4.78, 5) is 34.2. The van der Waals surface area contributed by atoms with Crippen molar-refractivity contribution in [2.75, 3.05) is 20.2 Å². The first-order valence-electron chi connectivity index (χ1n) is 11.8. The Labute approximate surface area is 216 Å². The van der Waals surface area contributed by atoms with Gasteiger partial charge in [0.15, 0.2) is 4.80 Å². The molecule has 1 atom stereocenters. The first-order chi connectivity index (χ1) is 17.8. The van der Waals surface area contributed by atoms with Gasteiger partial charge in [0, 0.05) is 18.7 Å². The normalized spacial score (nSPS) is 15.4. The molecule has 4 rings (SSSR count). The van der Waals surface area contributed by atoms with E-state index < -0.39 is 12.7 Å². The lowest BCUT2D eigenvalue weighted by atomic mass is 9.94. The number of fused-ring (bicyclic) bond motifs is 1. The van der Waals surface area contributed by atoms with Gasteiger partial charge in [0.2, 0.25) is 0 Å². The number of carbonyl (C=O) groups is 1. The zero-order valence-corrected chi connectivity index (χ0v) is 21.7. The van der Waals surface area contributed by atoms with E-state index in [4.69, 9.17) is 4.74 Å². The SMILES string of the molecule is CCN(CC)C(=O)C1=C(C)N=c2s/c(=C\c3ccc(OC(F)F)cc3)c(=O)n2[C@H]1c1ccccc1OC. The molecule has 0 radical (unpaired) electrons. The van der Waals surface area contributed by atoms with E-state index in [0.29, 0.717) is 50.6 Å². The number of carbonyl (C=O) groups excluding carboxylic acids is 1. The lowest BCUT2D eigenvalue weighted by Crippen LogP contribution is -2.43. The van der Waals surface area contributed by atoms with Crippen LogP contribution in [0.4, 0.5) is 8.78 Å². The Morgan fingerprint density at radius 3 is 2.46 bits per heavy atom. The molecule has 1 amide bonds. The van der Waals surface area contributed by atoms with Crippen molar-refractivity contribution in [3.63, 3.8) is 0 Å². The van der Waals surface area contributed by atoms with Crippen molar-refractivity contribution in [3.8, 4) is 11.5 Å². The summed E-state index contributed by atoms with van der Waals surface area (Å²) in [5, 5.41) is 0. The molecule has 37 heavy (non-hydrogen) atoms. The molecule has 0 fully saturated rings. The topological polar surface area (TPSA) is 73.1 Å². The maximum atomic E-state index is 13.8. The van der Waals surface area contributed by atoms with E-state index in [1.54, 1.807) is 43.2 Å². The number of ether oxygens (including phenoxy) is 2. The van der Waals surface area contributed by atoms with Crippen LogP contribution in [-0.2, 0) is 4.79 Å². The standard InChI is InChI=1S/C27H27F2N3O4S/c1-5-31(6-2)25(34)22-16(3)30-27-32(23(22)19-9-7-8-10-20(19)35-4)24(33)21(37-27)15-17-11-13-18(14-12-17)36-26(28)29/h7-15,23,26H,5-6H2,1-4H3/b21-15-/t23-/m0/s1. The number of aromatic nitrogens is 1. The number of methoxy groups -OCH3 is 1. The highest BCUT2D eigenvalue weighted by Crippen LogP contribution is 2.36. The quantitative estimate of drug-likeness (QED) is 0.448. The number of thiazole rings is 1. The smallest absolute Gasteiger partial charge is 0.387 e. The Hall–Kier alpha value is -3.79. The van der Waals surface area contributed by atoms with Crippen LogP contribution in [0.15, 0.2) is 69.6 Å². The van der Waals surface area contributed by atoms with Crippen molar-refractivity contribution in [1.29, 1.82) is 0 Å². The summed E-state index contributed by atoms with van der Waals surface area (Å²) < 4.78 is 36.9. The van der Waals surface area contributed by atoms with Crippen LogP contribution in [0.3, 0.4) is 0 Å². The van der Waals surface area contributed by atoms with Crippen LogP contribution in [0.2, 0.25) is 0 Å². The average Bonchev–Trinajstić information content (AvgIpc) is 3.18. The van der Waals surface area contributed by atoms with Crippen LogP contribution in [0.25, 0.3) is 6.08 Å². The largest absolute Gasteiger partial charge is 0.496 e. The molecular formula is C27H27F2N3O4S. The monoisotopic (exact) mass is 527 g/mol. The summed E-state index contributed by atoms with van der Waals surface area (Å²) in [6.07, 6.45) is 1.67. The lowest BCUT2D eigenvalue weighted by Gasteiger charge is -2.29. The van der Waals surface area contributed by atoms with E-state index >= 15 is 0 Å². The van der Waals surface area contributed by atoms with Gasteiger partial charge in [-0.05, 0) is 50.6 Å². The average molecular weight is 528 g/mol. The van der Waals surface area contributed by atoms with Crippen molar-refractivity contribution in [2.45, 2.75) is 33.4 Å². The summed E-state index contributed by atoms with van der Waals surface area (Å²) in [6.45, 7) is 3.70. The van der Waals surface area contributed by atoms with Crippen molar-refractivity contribution in [2.24, 2.45) is 4.99 Å². The molecule has 194 valence electrons. The molecule has 1 aliphatic heterocycles. The number of hydrogen-bond acceptors (Lipinski definition) is 6. The Morgan fingerprint density at radius 1 is 1.16 bits per heavy atom. The molecule has 3 aromatic rings. The minimum Gasteiger partial charge on any atom is -0.496 e. The summed E-state index contributed by atoms with van der Waals surface area (Å²) >= 11 is 1.20. The van der Waals surface area contributed by atoms with Crippen molar-refractivity contribution < 1.29 is 23.0 Å². The fourth-order valence-corrected chi connectivity index (χ4v) is 5.41. The number of nitrogens with zero attached hydrogens (tertiary/aromatic N) is 3. The third kappa shape index (κ3) is 5.20. The predicted molar refractivity (Wildman–Crippen MR) is 138 cm³/mol. The molecule has 0 unspecified atom stereocenters. The molecule has 0 aliphatic carbocycles. The van der Waals surface area contributed by atoms with E-state index in [-0.39, 0.29) is 17.2 Å². The highest BCUT2D eigenvalue weighted by molar-refractivity contribution is 7.07. The van der Waals surface area contributed by atoms with Crippen molar-refractivity contribution in [1.82, 2.24) is 9.47 Å². The number of allylic oxidation sites excluding steroid dienone is 1. The fraction of sp³-hybridized carbons (Fsp3) is 0.296. The molecule has 0 N–H and O–H groups in total. The number of rotatable bonds is 8. The Bertz CT molecular complexity index is 1510. The minimum atomic E-state index is -2.92. The molecule has 2 heterocycles. The van der Waals surface area contributed by atoms with E-state index in [0.717, 1.165) is 0 Å². The second-order valence-electron chi connectivity index (χ2n) is 8.25. The zero-order chi connectivity index (χ0) is 26.7. The maximum Gasteiger partial charge on any atom is 0.387 e. The number of alkyl halides is 2. The molecular weight excluding hydrogens is 500 g/mol. The van der Waals surface area contributed by atoms with Gasteiger partial charge in [-0.3, -0.25) is 14.2 Å². The maximum absolute atomic E-state index is 13.8. The van der Waals surface area contributed by atoms with Gasteiger partial charge in [0.05, 0.1) is 22.9 Å². The second-order valence-corrected chi connectivity index (χ2v) is 9.26. The number of likely N-dealkylation sites (N-methyl/N-ethyl adjacent to an activating group) is 1. The van der Waals surface area contributed by atoms with Crippen LogP contribution in [0.1, 0.15) is 37.9 Å². The molecule has 0 spiro atoms. The Kier molecular flexibility index (Phi) is 7.87. The van der Waals surface area contributed by atoms with Crippen molar-refractivity contribution in [3.05, 3.63) is 90.6 Å². The van der Waals surface area contributed by atoms with Crippen LogP contribution in [0, 0.1) is 0 Å². The number of para-hydroxylation sites is 1. The highest BCUT2D eigenvalue weighted by atomic mass is 32.1. The van der Waals surface area contributed by atoms with Gasteiger partial charge in [-0.25, -0.2) is 4.99 Å². The summed E-state index contributed by atoms with van der Waals surface area (Å²) in [5.74, 6) is 0.391. The van der Waals surface area contributed by atoms with Crippen LogP contribution >= 0.6 is 11.3 Å². The number of benzene rings is 2. The van der Waals surface area contributed by atoms with E-state index in [1.807, 2.05) is 32.0 Å². The molecule has 10 heteroatoms. The van der Waals surface area contributed by atoms with Gasteiger partial charge in [-0.2, -0.15) is 8.78 Å². The first-order valence-corrected chi connectivity index (χ1v) is 12.6. The number of amides is 1. The lowest BCUT2D eigenvalue weighted by molar-refractivity contribution is -0.127. The minimum absolute atomic E-state index is 0.0277. The molecule has 0 saturated heterocycles. The highest BCUT2D eigenvalue weighted by Gasteiger charge is 2.35. The van der Waals surface area contributed by atoms with Gasteiger partial charge < -0.3 is 14.4 Å². The summed E-state index contributed by atoms with van der Waals surface area (Å²) in [7, 11) is 1.55. The van der Waals surface area contributed by atoms with Crippen LogP contribution < -0.4 is 24.4 Å². The van der Waals surface area contributed by atoms with E-state index in [1.165, 1.54) is 28.0 Å². The summed E-state index contributed by atoms with van der Waals surface area (Å²) in [5.41, 5.74) is 1.95. The third-order valence-corrected chi connectivity index (χ3v) is 7.12. The van der Waals surface area contributed by atoms with Gasteiger partial charge in [-0.1, -0.05) is 41.7 Å². The van der Waals surface area contributed by atoms with Gasteiger partial charge in [0.1, 0.15) is 17.5 Å². The van der Waals surface area contributed by atoms with E-state index in [9.17, 15) is 18.4 Å². The number of halogens is 2. The summed E-state index contributed by atoms with van der Waals surface area (Å²) in [6, 6.07) is 12.6. The molecule has 2 aromatic carbocycles. The second kappa shape index (κ2) is 11.1. The molecule has 0 saturated carbocycles. The van der Waals surface area contributed by atoms with Gasteiger partial charge in [-0.15, -0.1) is 0 Å². The van der Waals surface area contributed by atoms with Crippen LogP contribution in [0.5, 0.6) is 11.5 Å². The van der Waals surface area contributed by atoms with Gasteiger partial charge >= 0.3 is 6.61 Å². The van der Waals surface area contributed by atoms with Crippen molar-refractivity contribution >= 4 is 23.3 Å². The molecule has 0 bridgehead atoms. The molecule has 7 nitrogen and oxygen atoms in total. The van der Waals surface area contributed by atoms with Crippen LogP contribution in [-0.4, -0.2) is 42.2 Å². The first kappa shape index (κ1) is 26.3. The molecule has 1 aliphatic rings. The Morgan fingerprint density at radius 2 is 1.84 bits per heavy atom. The fourth-order valence-electron chi connectivity index (χ4n) is 4.36. The molecule has 1 aromatic heterocycles. The van der Waals surface area contributed by atoms with Gasteiger partial charge in [0.25, 0.3) is 11.5 Å². The Balaban J connectivity index is 1.90. The number of hydrogen-bond donors (Lipinski definition) is 0. The zero-order valence-electron chi connectivity index (χ0n) is 20.9. The predicted octanol–water partition coefficient (Wildman–Crippen LogP) is 3.71.